The van der Waals surface area contributed by atoms with Crippen LogP contribution in [-0.2, 0) is 9.59 Å². The first kappa shape index (κ1) is 22.6. The number of methoxy groups -OCH3 is 1. The molecule has 2 rings (SSSR count). The monoisotopic (exact) mass is 418 g/mol. The summed E-state index contributed by atoms with van der Waals surface area (Å²) >= 11 is 5.81. The highest BCUT2D eigenvalue weighted by atomic mass is 35.5. The van der Waals surface area contributed by atoms with Crippen LogP contribution in [0.4, 0.5) is 5.69 Å². The topological polar surface area (TPSA) is 76.7 Å². The van der Waals surface area contributed by atoms with Crippen LogP contribution in [0.2, 0.25) is 5.02 Å². The lowest BCUT2D eigenvalue weighted by molar-refractivity contribution is -0.136. The van der Waals surface area contributed by atoms with Crippen molar-refractivity contribution in [2.75, 3.05) is 19.0 Å². The quantitative estimate of drug-likeness (QED) is 0.455. The first-order chi connectivity index (χ1) is 13.9. The van der Waals surface area contributed by atoms with Gasteiger partial charge in [-0.3, -0.25) is 9.59 Å². The molecular weight excluding hydrogens is 392 g/mol. The lowest BCUT2D eigenvalue weighted by atomic mass is 10.1. The Morgan fingerprint density at radius 3 is 2.41 bits per heavy atom. The van der Waals surface area contributed by atoms with Gasteiger partial charge in [-0.25, -0.2) is 0 Å². The van der Waals surface area contributed by atoms with Crippen molar-refractivity contribution in [2.45, 2.75) is 39.2 Å². The van der Waals surface area contributed by atoms with Crippen molar-refractivity contribution < 1.29 is 19.1 Å². The van der Waals surface area contributed by atoms with E-state index in [1.54, 1.807) is 44.4 Å². The molecule has 0 aromatic heterocycles. The minimum atomic E-state index is -0.748. The molecule has 0 spiro atoms. The van der Waals surface area contributed by atoms with E-state index in [0.29, 0.717) is 28.8 Å². The molecule has 29 heavy (non-hydrogen) atoms. The molecule has 2 N–H and O–H groups in total. The van der Waals surface area contributed by atoms with Gasteiger partial charge >= 0.3 is 11.8 Å². The molecule has 6 nitrogen and oxygen atoms in total. The summed E-state index contributed by atoms with van der Waals surface area (Å²) in [5.41, 5.74) is 1.30. The van der Waals surface area contributed by atoms with Gasteiger partial charge in [0.1, 0.15) is 0 Å². The zero-order valence-electron chi connectivity index (χ0n) is 17.0. The largest absolute Gasteiger partial charge is 0.493 e. The number of unbranched alkanes of at least 4 members (excludes halogenated alkanes) is 2. The van der Waals surface area contributed by atoms with Crippen LogP contribution < -0.4 is 20.1 Å². The highest BCUT2D eigenvalue weighted by Gasteiger charge is 2.18. The molecule has 2 aromatic carbocycles. The van der Waals surface area contributed by atoms with Crippen molar-refractivity contribution in [1.29, 1.82) is 0 Å². The van der Waals surface area contributed by atoms with E-state index >= 15 is 0 Å². The van der Waals surface area contributed by atoms with Crippen molar-refractivity contribution >= 4 is 29.1 Å². The van der Waals surface area contributed by atoms with Crippen LogP contribution >= 0.6 is 11.6 Å². The lowest BCUT2D eigenvalue weighted by Crippen LogP contribution is -2.36. The van der Waals surface area contributed by atoms with Crippen LogP contribution in [0.5, 0.6) is 11.5 Å². The number of halogens is 1. The Labute approximate surface area is 176 Å². The molecule has 0 aliphatic rings. The van der Waals surface area contributed by atoms with Crippen molar-refractivity contribution in [1.82, 2.24) is 5.32 Å². The van der Waals surface area contributed by atoms with Crippen LogP contribution in [0.25, 0.3) is 0 Å². The lowest BCUT2D eigenvalue weighted by Gasteiger charge is -2.17. The van der Waals surface area contributed by atoms with Gasteiger partial charge in [0, 0.05) is 10.7 Å². The number of hydrogen-bond donors (Lipinski definition) is 2. The minimum absolute atomic E-state index is 0.387. The fourth-order valence-corrected chi connectivity index (χ4v) is 2.80. The highest BCUT2D eigenvalue weighted by Crippen LogP contribution is 2.30. The summed E-state index contributed by atoms with van der Waals surface area (Å²) in [5, 5.41) is 5.77. The SMILES string of the molecule is CCCCCOc1ccc(C(C)NC(=O)C(=O)Nc2ccc(Cl)cc2)cc1OC. The average Bonchev–Trinajstić information content (AvgIpc) is 2.72. The van der Waals surface area contributed by atoms with Gasteiger partial charge in [0.2, 0.25) is 0 Å². The molecule has 1 unspecified atom stereocenters. The van der Waals surface area contributed by atoms with E-state index in [1.165, 1.54) is 0 Å². The summed E-state index contributed by atoms with van der Waals surface area (Å²) in [6.45, 7) is 4.56. The third kappa shape index (κ3) is 6.98. The van der Waals surface area contributed by atoms with Gasteiger partial charge < -0.3 is 20.1 Å². The van der Waals surface area contributed by atoms with Gasteiger partial charge in [0.15, 0.2) is 11.5 Å². The molecule has 0 fully saturated rings. The van der Waals surface area contributed by atoms with E-state index < -0.39 is 11.8 Å². The third-order valence-electron chi connectivity index (χ3n) is 4.35. The number of carbonyl (C=O) groups excluding carboxylic acids is 2. The van der Waals surface area contributed by atoms with E-state index in [4.69, 9.17) is 21.1 Å². The Morgan fingerprint density at radius 2 is 1.76 bits per heavy atom. The molecule has 1 atom stereocenters. The van der Waals surface area contributed by atoms with Gasteiger partial charge in [-0.05, 0) is 55.3 Å². The van der Waals surface area contributed by atoms with Crippen LogP contribution in [0.3, 0.4) is 0 Å². The molecule has 0 aliphatic heterocycles. The Bertz CT molecular complexity index is 824. The number of anilines is 1. The summed E-state index contributed by atoms with van der Waals surface area (Å²) in [4.78, 5) is 24.3. The predicted octanol–water partition coefficient (Wildman–Crippen LogP) is 4.73. The minimum Gasteiger partial charge on any atom is -0.493 e. The van der Waals surface area contributed by atoms with Gasteiger partial charge in [-0.15, -0.1) is 0 Å². The van der Waals surface area contributed by atoms with E-state index in [0.717, 1.165) is 24.8 Å². The highest BCUT2D eigenvalue weighted by molar-refractivity contribution is 6.39. The first-order valence-electron chi connectivity index (χ1n) is 9.62. The second-order valence-electron chi connectivity index (χ2n) is 6.62. The molecule has 156 valence electrons. The second kappa shape index (κ2) is 11.3. The number of rotatable bonds is 9. The molecule has 2 amide bonds. The van der Waals surface area contributed by atoms with Crippen LogP contribution in [-0.4, -0.2) is 25.5 Å². The maximum Gasteiger partial charge on any atom is 0.313 e. The van der Waals surface area contributed by atoms with Crippen LogP contribution in [0, 0.1) is 0 Å². The fraction of sp³-hybridized carbons (Fsp3) is 0.364. The molecule has 0 saturated carbocycles. The number of nitrogens with one attached hydrogen (secondary N) is 2. The number of ether oxygens (including phenoxy) is 2. The summed E-state index contributed by atoms with van der Waals surface area (Å²) in [7, 11) is 1.57. The van der Waals surface area contributed by atoms with E-state index in [9.17, 15) is 9.59 Å². The van der Waals surface area contributed by atoms with Crippen molar-refractivity contribution in [3.05, 3.63) is 53.1 Å². The maximum atomic E-state index is 12.2. The van der Waals surface area contributed by atoms with Gasteiger partial charge in [-0.2, -0.15) is 0 Å². The van der Waals surface area contributed by atoms with E-state index in [-0.39, 0.29) is 6.04 Å². The molecule has 2 aromatic rings. The zero-order valence-corrected chi connectivity index (χ0v) is 17.7. The summed E-state index contributed by atoms with van der Waals surface area (Å²) < 4.78 is 11.2. The summed E-state index contributed by atoms with van der Waals surface area (Å²) in [6.07, 6.45) is 3.22. The average molecular weight is 419 g/mol. The Hall–Kier alpha value is -2.73. The third-order valence-corrected chi connectivity index (χ3v) is 4.60. The van der Waals surface area contributed by atoms with E-state index in [1.807, 2.05) is 12.1 Å². The first-order valence-corrected chi connectivity index (χ1v) is 10.0. The fourth-order valence-electron chi connectivity index (χ4n) is 2.67. The van der Waals surface area contributed by atoms with Crippen LogP contribution in [0.1, 0.15) is 44.7 Å². The van der Waals surface area contributed by atoms with Gasteiger partial charge in [-0.1, -0.05) is 37.4 Å². The molecule has 0 bridgehead atoms. The molecule has 0 heterocycles. The van der Waals surface area contributed by atoms with Crippen molar-refractivity contribution in [2.24, 2.45) is 0 Å². The number of hydrogen-bond acceptors (Lipinski definition) is 4. The molecule has 0 aliphatic carbocycles. The number of benzene rings is 2. The summed E-state index contributed by atoms with van der Waals surface area (Å²) in [6, 6.07) is 11.6. The zero-order chi connectivity index (χ0) is 21.2. The molecular formula is C22H27ClN2O4. The van der Waals surface area contributed by atoms with E-state index in [2.05, 4.69) is 17.6 Å². The molecule has 0 radical (unpaired) electrons. The van der Waals surface area contributed by atoms with Gasteiger partial charge in [0.05, 0.1) is 19.8 Å². The number of carbonyl (C=O) groups is 2. The molecule has 7 heteroatoms. The smallest absolute Gasteiger partial charge is 0.313 e. The van der Waals surface area contributed by atoms with Crippen molar-refractivity contribution in [3.63, 3.8) is 0 Å². The van der Waals surface area contributed by atoms with Gasteiger partial charge in [0.25, 0.3) is 0 Å². The van der Waals surface area contributed by atoms with Crippen LogP contribution in [0.15, 0.2) is 42.5 Å². The second-order valence-corrected chi connectivity index (χ2v) is 7.06. The number of amides is 2. The maximum absolute atomic E-state index is 12.2. The standard InChI is InChI=1S/C22H27ClN2O4/c1-4-5-6-13-29-19-12-7-16(14-20(19)28-3)15(2)24-21(26)22(27)25-18-10-8-17(23)9-11-18/h7-12,14-15H,4-6,13H2,1-3H3,(H,24,26)(H,25,27). The normalized spacial score (nSPS) is 11.4. The molecule has 0 saturated heterocycles. The Kier molecular flexibility index (Phi) is 8.80. The predicted molar refractivity (Wildman–Crippen MR) is 115 cm³/mol. The Morgan fingerprint density at radius 1 is 1.03 bits per heavy atom. The van der Waals surface area contributed by atoms with Crippen molar-refractivity contribution in [3.8, 4) is 11.5 Å². The Balaban J connectivity index is 1.96. The summed E-state index contributed by atoms with van der Waals surface area (Å²) in [5.74, 6) is -0.231.